The van der Waals surface area contributed by atoms with Crippen molar-refractivity contribution in [2.24, 2.45) is 0 Å². The third kappa shape index (κ3) is 3.06. The van der Waals surface area contributed by atoms with Gasteiger partial charge in [-0.1, -0.05) is 0 Å². The first-order chi connectivity index (χ1) is 6.24. The number of amides is 1. The van der Waals surface area contributed by atoms with Crippen LogP contribution in [-0.4, -0.2) is 18.5 Å². The van der Waals surface area contributed by atoms with E-state index in [4.69, 9.17) is 0 Å². The standard InChI is InChI=1S/C9H14N2OS/c1-3-10-9(12)7(2)11-8-4-5-13-6-8/h4-7,11H,3H2,1-2H3,(H,10,12). The third-order valence-electron chi connectivity index (χ3n) is 1.65. The lowest BCUT2D eigenvalue weighted by atomic mass is 10.3. The molecule has 1 aromatic rings. The van der Waals surface area contributed by atoms with E-state index >= 15 is 0 Å². The minimum Gasteiger partial charge on any atom is -0.373 e. The Kier molecular flexibility index (Phi) is 3.76. The molecular weight excluding hydrogens is 184 g/mol. The van der Waals surface area contributed by atoms with Crippen LogP contribution >= 0.6 is 11.3 Å². The summed E-state index contributed by atoms with van der Waals surface area (Å²) >= 11 is 1.61. The van der Waals surface area contributed by atoms with Gasteiger partial charge < -0.3 is 10.6 Å². The summed E-state index contributed by atoms with van der Waals surface area (Å²) in [7, 11) is 0. The van der Waals surface area contributed by atoms with Crippen LogP contribution in [0.5, 0.6) is 0 Å². The van der Waals surface area contributed by atoms with Crippen molar-refractivity contribution >= 4 is 22.9 Å². The van der Waals surface area contributed by atoms with E-state index < -0.39 is 0 Å². The molecule has 0 saturated carbocycles. The molecular formula is C9H14N2OS. The molecule has 0 aliphatic carbocycles. The molecule has 0 aromatic carbocycles. The maximum atomic E-state index is 11.3. The summed E-state index contributed by atoms with van der Waals surface area (Å²) < 4.78 is 0. The topological polar surface area (TPSA) is 41.1 Å². The smallest absolute Gasteiger partial charge is 0.242 e. The number of hydrogen-bond donors (Lipinski definition) is 2. The number of anilines is 1. The molecule has 1 unspecified atom stereocenters. The zero-order valence-corrected chi connectivity index (χ0v) is 8.65. The molecule has 1 atom stereocenters. The van der Waals surface area contributed by atoms with Crippen LogP contribution in [0.25, 0.3) is 0 Å². The molecule has 13 heavy (non-hydrogen) atoms. The van der Waals surface area contributed by atoms with Crippen LogP contribution in [-0.2, 0) is 4.79 Å². The quantitative estimate of drug-likeness (QED) is 0.773. The van der Waals surface area contributed by atoms with E-state index in [1.54, 1.807) is 11.3 Å². The molecule has 72 valence electrons. The van der Waals surface area contributed by atoms with Gasteiger partial charge in [0.05, 0.1) is 0 Å². The monoisotopic (exact) mass is 198 g/mol. The number of hydrogen-bond acceptors (Lipinski definition) is 3. The van der Waals surface area contributed by atoms with Crippen LogP contribution in [0, 0.1) is 0 Å². The summed E-state index contributed by atoms with van der Waals surface area (Å²) in [4.78, 5) is 11.3. The van der Waals surface area contributed by atoms with Gasteiger partial charge in [-0.25, -0.2) is 0 Å². The number of likely N-dealkylation sites (N-methyl/N-ethyl adjacent to an activating group) is 1. The highest BCUT2D eigenvalue weighted by atomic mass is 32.1. The molecule has 2 N–H and O–H groups in total. The zero-order chi connectivity index (χ0) is 9.68. The Morgan fingerprint density at radius 1 is 1.69 bits per heavy atom. The maximum Gasteiger partial charge on any atom is 0.242 e. The molecule has 1 amide bonds. The molecule has 1 heterocycles. The van der Waals surface area contributed by atoms with E-state index in [9.17, 15) is 4.79 Å². The largest absolute Gasteiger partial charge is 0.373 e. The first-order valence-corrected chi connectivity index (χ1v) is 5.24. The van der Waals surface area contributed by atoms with Gasteiger partial charge in [-0.05, 0) is 25.3 Å². The van der Waals surface area contributed by atoms with Gasteiger partial charge in [0.1, 0.15) is 6.04 Å². The highest BCUT2D eigenvalue weighted by Gasteiger charge is 2.10. The molecule has 1 rings (SSSR count). The highest BCUT2D eigenvalue weighted by Crippen LogP contribution is 2.12. The van der Waals surface area contributed by atoms with Gasteiger partial charge in [0.25, 0.3) is 0 Å². The minimum absolute atomic E-state index is 0.0358. The number of carbonyl (C=O) groups is 1. The van der Waals surface area contributed by atoms with Gasteiger partial charge in [0.2, 0.25) is 5.91 Å². The van der Waals surface area contributed by atoms with E-state index in [1.165, 1.54) is 0 Å². The van der Waals surface area contributed by atoms with Crippen molar-refractivity contribution in [1.29, 1.82) is 0 Å². The second kappa shape index (κ2) is 4.87. The van der Waals surface area contributed by atoms with Gasteiger partial charge in [-0.2, -0.15) is 11.3 Å². The molecule has 0 fully saturated rings. The van der Waals surface area contributed by atoms with E-state index in [-0.39, 0.29) is 11.9 Å². The Hall–Kier alpha value is -1.03. The fourth-order valence-corrected chi connectivity index (χ4v) is 1.59. The Morgan fingerprint density at radius 3 is 3.00 bits per heavy atom. The summed E-state index contributed by atoms with van der Waals surface area (Å²) in [5.74, 6) is 0.0358. The van der Waals surface area contributed by atoms with Crippen LogP contribution in [0.1, 0.15) is 13.8 Å². The number of thiophene rings is 1. The van der Waals surface area contributed by atoms with Gasteiger partial charge >= 0.3 is 0 Å². The summed E-state index contributed by atoms with van der Waals surface area (Å²) in [5, 5.41) is 9.83. The normalized spacial score (nSPS) is 12.2. The summed E-state index contributed by atoms with van der Waals surface area (Å²) in [6, 6.07) is 1.79. The molecule has 0 saturated heterocycles. The van der Waals surface area contributed by atoms with Gasteiger partial charge in [-0.15, -0.1) is 0 Å². The molecule has 1 aromatic heterocycles. The Morgan fingerprint density at radius 2 is 2.46 bits per heavy atom. The highest BCUT2D eigenvalue weighted by molar-refractivity contribution is 7.08. The molecule has 0 bridgehead atoms. The van der Waals surface area contributed by atoms with Gasteiger partial charge in [0, 0.05) is 17.6 Å². The van der Waals surface area contributed by atoms with Gasteiger partial charge in [0.15, 0.2) is 0 Å². The number of rotatable bonds is 4. The second-order valence-corrected chi connectivity index (χ2v) is 3.55. The molecule has 0 radical (unpaired) electrons. The van der Waals surface area contributed by atoms with Crippen LogP contribution in [0.15, 0.2) is 16.8 Å². The average molecular weight is 198 g/mol. The molecule has 0 aliphatic rings. The van der Waals surface area contributed by atoms with Gasteiger partial charge in [-0.3, -0.25) is 4.79 Å². The van der Waals surface area contributed by atoms with Crippen molar-refractivity contribution < 1.29 is 4.79 Å². The van der Waals surface area contributed by atoms with Crippen molar-refractivity contribution in [1.82, 2.24) is 5.32 Å². The number of nitrogens with one attached hydrogen (secondary N) is 2. The Labute approximate surface area is 82.2 Å². The molecule has 0 spiro atoms. The van der Waals surface area contributed by atoms with Crippen molar-refractivity contribution in [3.05, 3.63) is 16.8 Å². The van der Waals surface area contributed by atoms with E-state index in [1.807, 2.05) is 30.7 Å². The minimum atomic E-state index is -0.172. The maximum absolute atomic E-state index is 11.3. The van der Waals surface area contributed by atoms with Crippen LogP contribution < -0.4 is 10.6 Å². The fraction of sp³-hybridized carbons (Fsp3) is 0.444. The Bertz CT molecular complexity index is 259. The summed E-state index contributed by atoms with van der Waals surface area (Å²) in [6.07, 6.45) is 0. The van der Waals surface area contributed by atoms with Crippen molar-refractivity contribution in [2.75, 3.05) is 11.9 Å². The second-order valence-electron chi connectivity index (χ2n) is 2.77. The lowest BCUT2D eigenvalue weighted by molar-refractivity contribution is -0.121. The zero-order valence-electron chi connectivity index (χ0n) is 7.83. The molecule has 0 aliphatic heterocycles. The summed E-state index contributed by atoms with van der Waals surface area (Å²) in [6.45, 7) is 4.44. The van der Waals surface area contributed by atoms with Crippen LogP contribution in [0.3, 0.4) is 0 Å². The average Bonchev–Trinajstić information content (AvgIpc) is 2.57. The van der Waals surface area contributed by atoms with E-state index in [0.717, 1.165) is 5.69 Å². The van der Waals surface area contributed by atoms with Crippen molar-refractivity contribution in [2.45, 2.75) is 19.9 Å². The van der Waals surface area contributed by atoms with Crippen LogP contribution in [0.4, 0.5) is 5.69 Å². The van der Waals surface area contributed by atoms with Crippen molar-refractivity contribution in [3.63, 3.8) is 0 Å². The lowest BCUT2D eigenvalue weighted by Crippen LogP contribution is -2.37. The van der Waals surface area contributed by atoms with E-state index in [2.05, 4.69) is 10.6 Å². The SMILES string of the molecule is CCNC(=O)C(C)Nc1ccsc1. The summed E-state index contributed by atoms with van der Waals surface area (Å²) in [5.41, 5.74) is 1.00. The number of carbonyl (C=O) groups excluding carboxylic acids is 1. The Balaban J connectivity index is 2.41. The predicted octanol–water partition coefficient (Wildman–Crippen LogP) is 1.68. The predicted molar refractivity (Wildman–Crippen MR) is 56.1 cm³/mol. The third-order valence-corrected chi connectivity index (χ3v) is 2.33. The van der Waals surface area contributed by atoms with Crippen LogP contribution in [0.2, 0.25) is 0 Å². The first-order valence-electron chi connectivity index (χ1n) is 4.30. The lowest BCUT2D eigenvalue weighted by Gasteiger charge is -2.12. The molecule has 3 nitrogen and oxygen atoms in total. The molecule has 4 heteroatoms. The fourth-order valence-electron chi connectivity index (χ4n) is 0.989. The van der Waals surface area contributed by atoms with Crippen molar-refractivity contribution in [3.8, 4) is 0 Å². The van der Waals surface area contributed by atoms with E-state index in [0.29, 0.717) is 6.54 Å². The first kappa shape index (κ1) is 10.1.